The molecule has 26 heavy (non-hydrogen) atoms. The maximum atomic E-state index is 13.3. The Hall–Kier alpha value is -2.54. The number of carbonyl (C=O) groups is 2. The largest absolute Gasteiger partial charge is 0.441 e. The zero-order valence-corrected chi connectivity index (χ0v) is 13.2. The van der Waals surface area contributed by atoms with Gasteiger partial charge in [0.1, 0.15) is 5.75 Å². The molecule has 0 aromatic heterocycles. The minimum atomic E-state index is -6.55. The lowest BCUT2D eigenvalue weighted by Crippen LogP contribution is -2.52. The molecule has 1 N–H and O–H groups in total. The fourth-order valence-corrected chi connectivity index (χ4v) is 1.93. The van der Waals surface area contributed by atoms with Crippen molar-refractivity contribution in [3.63, 3.8) is 0 Å². The second kappa shape index (κ2) is 7.37. The Balaban J connectivity index is 3.18. The molecule has 1 atom stereocenters. The number of benzene rings is 1. The number of halogens is 5. The predicted molar refractivity (Wildman–Crippen MR) is 74.0 cm³/mol. The van der Waals surface area contributed by atoms with Gasteiger partial charge in [-0.15, -0.1) is 0 Å². The van der Waals surface area contributed by atoms with Crippen molar-refractivity contribution < 1.29 is 54.0 Å². The van der Waals surface area contributed by atoms with Crippen molar-refractivity contribution in [3.8, 4) is 5.75 Å². The first-order valence-electron chi connectivity index (χ1n) is 6.27. The van der Waals surface area contributed by atoms with Crippen LogP contribution in [0.4, 0.5) is 22.0 Å². The van der Waals surface area contributed by atoms with Crippen molar-refractivity contribution in [3.05, 3.63) is 42.5 Å². The Morgan fingerprint density at radius 3 is 2.23 bits per heavy atom. The molecule has 0 spiro atoms. The number of ether oxygens (including phenoxy) is 2. The first kappa shape index (κ1) is 21.5. The first-order valence-corrected chi connectivity index (χ1v) is 7.71. The summed E-state index contributed by atoms with van der Waals surface area (Å²) < 4.78 is 102. The van der Waals surface area contributed by atoms with Gasteiger partial charge in [0.05, 0.1) is 5.56 Å². The van der Waals surface area contributed by atoms with E-state index in [1.54, 1.807) is 0 Å². The molecular weight excluding hydrogens is 395 g/mol. The summed E-state index contributed by atoms with van der Waals surface area (Å²) in [5.74, 6) is -3.34. The second-order valence-electron chi connectivity index (χ2n) is 4.52. The minimum absolute atomic E-state index is 0.352. The molecule has 144 valence electrons. The fraction of sp³-hybridized carbons (Fsp3) is 0.231. The topological polar surface area (TPSA) is 107 Å². The molecule has 0 saturated heterocycles. The summed E-state index contributed by atoms with van der Waals surface area (Å²) in [4.78, 5) is 22.7. The van der Waals surface area contributed by atoms with Crippen molar-refractivity contribution in [2.75, 3.05) is 0 Å². The molecule has 1 unspecified atom stereocenters. The van der Waals surface area contributed by atoms with E-state index in [1.807, 2.05) is 0 Å². The molecule has 7 nitrogen and oxygen atoms in total. The normalized spacial score (nSPS) is 13.6. The summed E-state index contributed by atoms with van der Waals surface area (Å²) in [6.45, 7) is 3.08. The fourth-order valence-electron chi connectivity index (χ4n) is 1.48. The van der Waals surface area contributed by atoms with E-state index >= 15 is 0 Å². The average Bonchev–Trinajstić information content (AvgIpc) is 2.50. The van der Waals surface area contributed by atoms with Gasteiger partial charge in [-0.2, -0.15) is 30.4 Å². The lowest BCUT2D eigenvalue weighted by Gasteiger charge is -2.26. The van der Waals surface area contributed by atoms with Crippen LogP contribution in [0, 0.1) is 0 Å². The van der Waals surface area contributed by atoms with Crippen LogP contribution in [0.25, 0.3) is 0 Å². The highest BCUT2D eigenvalue weighted by Crippen LogP contribution is 2.38. The Morgan fingerprint density at radius 2 is 1.77 bits per heavy atom. The number of esters is 2. The molecule has 0 radical (unpaired) electrons. The molecule has 0 amide bonds. The molecule has 1 aromatic rings. The molecule has 13 heteroatoms. The Kier molecular flexibility index (Phi) is 6.10. The minimum Gasteiger partial charge on any atom is -0.441 e. The van der Waals surface area contributed by atoms with Gasteiger partial charge in [-0.3, -0.25) is 4.55 Å². The number of hydrogen-bond donors (Lipinski definition) is 1. The van der Waals surface area contributed by atoms with Crippen LogP contribution >= 0.6 is 0 Å². The summed E-state index contributed by atoms with van der Waals surface area (Å²) in [5.41, 5.74) is -0.764. The van der Waals surface area contributed by atoms with Gasteiger partial charge in [0.15, 0.2) is 0 Å². The summed E-state index contributed by atoms with van der Waals surface area (Å²) in [6, 6.07) is 3.63. The number of alkyl halides is 5. The van der Waals surface area contributed by atoms with Gasteiger partial charge in [-0.1, -0.05) is 12.6 Å². The van der Waals surface area contributed by atoms with E-state index in [4.69, 9.17) is 4.55 Å². The molecule has 0 aliphatic rings. The first-order chi connectivity index (χ1) is 11.7. The third-order valence-electron chi connectivity index (χ3n) is 2.63. The lowest BCUT2D eigenvalue weighted by molar-refractivity contribution is -0.248. The molecule has 0 heterocycles. The summed E-state index contributed by atoms with van der Waals surface area (Å²) in [6.07, 6.45) is -9.77. The Labute approximate surface area is 142 Å². The highest BCUT2D eigenvalue weighted by atomic mass is 32.2. The zero-order chi connectivity index (χ0) is 20.3. The second-order valence-corrected chi connectivity index (χ2v) is 6.01. The van der Waals surface area contributed by atoms with Gasteiger partial charge in [0.2, 0.25) is 0 Å². The summed E-state index contributed by atoms with van der Waals surface area (Å²) in [7, 11) is -6.55. The van der Waals surface area contributed by atoms with Crippen LogP contribution in [-0.4, -0.2) is 42.4 Å². The van der Waals surface area contributed by atoms with Crippen LogP contribution < -0.4 is 4.74 Å². The monoisotopic (exact) mass is 404 g/mol. The molecule has 0 saturated carbocycles. The van der Waals surface area contributed by atoms with E-state index in [0.29, 0.717) is 6.07 Å². The quantitative estimate of drug-likeness (QED) is 0.255. The Morgan fingerprint density at radius 1 is 1.19 bits per heavy atom. The highest BCUT2D eigenvalue weighted by molar-refractivity contribution is 7.86. The van der Waals surface area contributed by atoms with Gasteiger partial charge in [-0.05, 0) is 18.2 Å². The van der Waals surface area contributed by atoms with Crippen molar-refractivity contribution in [2.45, 2.75) is 17.5 Å². The van der Waals surface area contributed by atoms with Gasteiger partial charge in [0.25, 0.3) is 6.10 Å². The third-order valence-corrected chi connectivity index (χ3v) is 3.53. The smallest absolute Gasteiger partial charge is 0.432 e. The maximum Gasteiger partial charge on any atom is 0.432 e. The van der Waals surface area contributed by atoms with Crippen molar-refractivity contribution in [1.82, 2.24) is 0 Å². The van der Waals surface area contributed by atoms with E-state index in [0.717, 1.165) is 24.3 Å². The van der Waals surface area contributed by atoms with Crippen molar-refractivity contribution in [1.29, 1.82) is 0 Å². The van der Waals surface area contributed by atoms with Gasteiger partial charge < -0.3 is 9.47 Å². The molecular formula is C13H9F5O7S. The van der Waals surface area contributed by atoms with Crippen molar-refractivity contribution in [2.24, 2.45) is 0 Å². The van der Waals surface area contributed by atoms with Crippen LogP contribution in [0.5, 0.6) is 5.75 Å². The predicted octanol–water partition coefficient (Wildman–Crippen LogP) is 2.35. The summed E-state index contributed by atoms with van der Waals surface area (Å²) >= 11 is 0. The van der Waals surface area contributed by atoms with E-state index in [1.165, 1.54) is 0 Å². The van der Waals surface area contributed by atoms with E-state index < -0.39 is 45.2 Å². The SMILES string of the molecule is C=CC(=O)Oc1cccc(C(=O)OC(C(F)(F)F)C(F)(F)S(=O)(=O)O)c1. The van der Waals surface area contributed by atoms with Gasteiger partial charge in [0, 0.05) is 6.08 Å². The van der Waals surface area contributed by atoms with Crippen LogP contribution in [0.2, 0.25) is 0 Å². The van der Waals surface area contributed by atoms with Crippen LogP contribution in [-0.2, 0) is 19.6 Å². The number of carbonyl (C=O) groups excluding carboxylic acids is 2. The molecule has 0 aliphatic heterocycles. The summed E-state index contributed by atoms with van der Waals surface area (Å²) in [5, 5.41) is -5.85. The molecule has 0 bridgehead atoms. The average molecular weight is 404 g/mol. The van der Waals surface area contributed by atoms with E-state index in [2.05, 4.69) is 16.1 Å². The number of hydrogen-bond acceptors (Lipinski definition) is 6. The van der Waals surface area contributed by atoms with E-state index in [-0.39, 0.29) is 5.75 Å². The van der Waals surface area contributed by atoms with Crippen LogP contribution in [0.3, 0.4) is 0 Å². The molecule has 1 aromatic carbocycles. The molecule has 1 rings (SSSR count). The van der Waals surface area contributed by atoms with Crippen LogP contribution in [0.1, 0.15) is 10.4 Å². The Bertz CT molecular complexity index is 816. The molecule has 0 fully saturated rings. The maximum absolute atomic E-state index is 13.3. The van der Waals surface area contributed by atoms with Gasteiger partial charge >= 0.3 is 33.5 Å². The standard InChI is InChI=1S/C13H9F5O7S/c1-2-9(19)24-8-5-3-4-7(6-8)10(20)25-11(12(14,15)16)13(17,18)26(21,22)23/h2-6,11H,1H2,(H,21,22,23). The van der Waals surface area contributed by atoms with Crippen LogP contribution in [0.15, 0.2) is 36.9 Å². The van der Waals surface area contributed by atoms with Gasteiger partial charge in [-0.25, -0.2) is 9.59 Å². The zero-order valence-electron chi connectivity index (χ0n) is 12.4. The third kappa shape index (κ3) is 4.98. The lowest BCUT2D eigenvalue weighted by atomic mass is 10.2. The number of rotatable bonds is 6. The molecule has 0 aliphatic carbocycles. The van der Waals surface area contributed by atoms with E-state index in [9.17, 15) is 40.0 Å². The highest BCUT2D eigenvalue weighted by Gasteiger charge is 2.66. The van der Waals surface area contributed by atoms with Crippen molar-refractivity contribution >= 4 is 22.1 Å².